The molecule has 8 N–H and O–H groups in total. The number of hydrogen-bond acceptors (Lipinski definition) is 4. The van der Waals surface area contributed by atoms with Gasteiger partial charge in [-0.15, -0.1) is 10.1 Å². The van der Waals surface area contributed by atoms with Gasteiger partial charge in [0.05, 0.1) is 0 Å². The Bertz CT molecular complexity index is 83.1. The van der Waals surface area contributed by atoms with Crippen LogP contribution in [0, 0.1) is 10.1 Å². The number of carbonyl (C=O) groups excluding carboxylic acids is 1. The Balaban J connectivity index is -0.0000000112. The van der Waals surface area contributed by atoms with Crippen molar-refractivity contribution >= 4 is 29.1 Å². The van der Waals surface area contributed by atoms with Gasteiger partial charge in [0.2, 0.25) is 0 Å². The molecule has 60 valence electrons. The first-order chi connectivity index (χ1) is 3.46. The maximum atomic E-state index is 9.00. The number of nitrogens with zero attached hydrogens (tertiary/aromatic N) is 1. The molecule has 0 unspecified atom stereocenters. The van der Waals surface area contributed by atoms with Crippen LogP contribution in [0.3, 0.4) is 0 Å². The number of hydrogen-bond donors (Lipinski definition) is 4. The van der Waals surface area contributed by atoms with Gasteiger partial charge in [-0.2, -0.15) is 0 Å². The van der Waals surface area contributed by atoms with Gasteiger partial charge in [0, 0.05) is 0 Å². The molecule has 0 aromatic carbocycles. The second kappa shape index (κ2) is 15.7. The van der Waals surface area contributed by atoms with Crippen LogP contribution >= 0.6 is 0 Å². The van der Waals surface area contributed by atoms with E-state index in [1.807, 2.05) is 0 Å². The molecule has 8 nitrogen and oxygen atoms in total. The molecule has 0 spiro atoms. The molecule has 0 saturated carbocycles. The van der Waals surface area contributed by atoms with Gasteiger partial charge in [-0.3, -0.25) is 0 Å². The van der Waals surface area contributed by atoms with Crippen LogP contribution in [-0.2, 0) is 0 Å². The second-order valence-electron chi connectivity index (χ2n) is 0.640. The molecule has 0 bridgehead atoms. The summed E-state index contributed by atoms with van der Waals surface area (Å²) in [5.41, 5.74) is 8.50. The first kappa shape index (κ1) is 22.9. The quantitative estimate of drug-likeness (QED) is 0.198. The molecular weight excluding hydrogens is 156 g/mol. The Morgan fingerprint density at radius 2 is 1.60 bits per heavy atom. The summed E-state index contributed by atoms with van der Waals surface area (Å²) in [6.45, 7) is 0. The zero-order chi connectivity index (χ0) is 7.15. The van der Waals surface area contributed by atoms with Crippen molar-refractivity contribution in [3.63, 3.8) is 0 Å². The number of nitrogens with two attached hydrogens (primary N) is 2. The summed E-state index contributed by atoms with van der Waals surface area (Å²) in [6, 6.07) is -0.833. The van der Waals surface area contributed by atoms with Gasteiger partial charge < -0.3 is 25.7 Å². The number of rotatable bonds is 0. The molecular formula is CH10MgN4O4. The summed E-state index contributed by atoms with van der Waals surface area (Å²) >= 11 is 0. The van der Waals surface area contributed by atoms with E-state index >= 15 is 0 Å². The molecule has 9 heteroatoms. The molecule has 0 aliphatic rings. The summed E-state index contributed by atoms with van der Waals surface area (Å²) in [6.07, 6.45) is 0. The van der Waals surface area contributed by atoms with Gasteiger partial charge >= 0.3 is 29.1 Å². The van der Waals surface area contributed by atoms with Gasteiger partial charge in [0.15, 0.2) is 0 Å². The summed E-state index contributed by atoms with van der Waals surface area (Å²) in [7, 11) is 0. The number of primary amides is 2. The summed E-state index contributed by atoms with van der Waals surface area (Å²) in [5.74, 6) is 0. The van der Waals surface area contributed by atoms with E-state index in [0.717, 1.165) is 0 Å². The number of carbonyl (C=O) groups is 1. The van der Waals surface area contributed by atoms with Crippen LogP contribution in [0.5, 0.6) is 0 Å². The van der Waals surface area contributed by atoms with Gasteiger partial charge in [-0.05, 0) is 0 Å². The van der Waals surface area contributed by atoms with Crippen LogP contribution in [-0.4, -0.2) is 39.4 Å². The molecule has 0 saturated heterocycles. The predicted molar refractivity (Wildman–Crippen MR) is 35.6 cm³/mol. The van der Waals surface area contributed by atoms with E-state index in [4.69, 9.17) is 20.1 Å². The molecule has 0 aliphatic heterocycles. The van der Waals surface area contributed by atoms with Gasteiger partial charge in [-0.1, -0.05) is 0 Å². The van der Waals surface area contributed by atoms with Crippen LogP contribution in [0.15, 0.2) is 0 Å². The van der Waals surface area contributed by atoms with Crippen LogP contribution in [0.2, 0.25) is 0 Å². The normalized spacial score (nSPS) is 4.80. The summed E-state index contributed by atoms with van der Waals surface area (Å²) in [4.78, 5) is 17.4. The molecule has 10 heavy (non-hydrogen) atoms. The zero-order valence-corrected chi connectivity index (χ0v) is 6.60. The van der Waals surface area contributed by atoms with Crippen molar-refractivity contribution in [1.29, 1.82) is 0 Å². The fourth-order valence-electron chi connectivity index (χ4n) is 0. The van der Waals surface area contributed by atoms with Crippen molar-refractivity contribution in [3.05, 3.63) is 10.1 Å². The fraction of sp³-hybridized carbons (Fsp3) is 0. The van der Waals surface area contributed by atoms with Gasteiger partial charge in [0.25, 0.3) is 5.09 Å². The SMILES string of the molecule is N.NC(N)=O.O=[N+]([O-])O.[H-].[H-].[Mg+2]. The molecule has 0 fully saturated rings. The molecule has 0 aromatic heterocycles. The largest absolute Gasteiger partial charge is 2.00 e. The molecule has 0 aromatic rings. The average Bonchev–Trinajstić information content (AvgIpc) is 1.25. The first-order valence-corrected chi connectivity index (χ1v) is 1.35. The zero-order valence-electron chi connectivity index (χ0n) is 7.19. The smallest absolute Gasteiger partial charge is 1.00 e. The standard InChI is InChI=1S/CH4N2O.Mg.HNO3.H3N.2H/c2-1(3)4;;2-1(3)4;;;/h(H4,2,3,4);;(H,2,3,4);1H3;;/q;+2;;;2*-1. The predicted octanol–water partition coefficient (Wildman–Crippen LogP) is -1.32. The first-order valence-electron chi connectivity index (χ1n) is 1.35. The molecule has 2 amide bonds. The average molecular weight is 166 g/mol. The van der Waals surface area contributed by atoms with Crippen molar-refractivity contribution in [3.8, 4) is 0 Å². The Kier molecular flexibility index (Phi) is 36.0. The molecule has 0 heterocycles. The Morgan fingerprint density at radius 3 is 1.60 bits per heavy atom. The Morgan fingerprint density at radius 1 is 1.60 bits per heavy atom. The molecule has 0 rings (SSSR count). The fourth-order valence-corrected chi connectivity index (χ4v) is 0. The second-order valence-corrected chi connectivity index (χ2v) is 0.640. The van der Waals surface area contributed by atoms with E-state index in [1.54, 1.807) is 0 Å². The Hall–Kier alpha value is -0.804. The minimum Gasteiger partial charge on any atom is -1.00 e. The summed E-state index contributed by atoms with van der Waals surface area (Å²) < 4.78 is 0. The Labute approximate surface area is 75.4 Å². The number of urea groups is 1. The van der Waals surface area contributed by atoms with E-state index < -0.39 is 11.1 Å². The summed E-state index contributed by atoms with van der Waals surface area (Å²) in [5, 5.41) is 13.6. The van der Waals surface area contributed by atoms with Crippen molar-refractivity contribution < 1.29 is 17.9 Å². The van der Waals surface area contributed by atoms with Gasteiger partial charge in [-0.25, -0.2) is 4.79 Å². The van der Waals surface area contributed by atoms with Crippen LogP contribution < -0.4 is 17.6 Å². The third-order valence-electron chi connectivity index (χ3n) is 0. The van der Waals surface area contributed by atoms with Crippen molar-refractivity contribution in [2.24, 2.45) is 11.5 Å². The minimum atomic E-state index is -1.50. The van der Waals surface area contributed by atoms with Gasteiger partial charge in [0.1, 0.15) is 0 Å². The topological polar surface area (TPSA) is 167 Å². The maximum Gasteiger partial charge on any atom is 2.00 e. The van der Waals surface area contributed by atoms with Crippen LogP contribution in [0.1, 0.15) is 2.85 Å². The monoisotopic (exact) mass is 166 g/mol. The molecule has 0 aliphatic carbocycles. The van der Waals surface area contributed by atoms with Crippen LogP contribution in [0.25, 0.3) is 0 Å². The van der Waals surface area contributed by atoms with Crippen molar-refractivity contribution in [2.45, 2.75) is 0 Å². The van der Waals surface area contributed by atoms with Crippen molar-refractivity contribution in [1.82, 2.24) is 6.15 Å². The van der Waals surface area contributed by atoms with E-state index in [1.165, 1.54) is 0 Å². The van der Waals surface area contributed by atoms with E-state index in [0.29, 0.717) is 0 Å². The minimum absolute atomic E-state index is 0. The van der Waals surface area contributed by atoms with Crippen LogP contribution in [0.4, 0.5) is 4.79 Å². The van der Waals surface area contributed by atoms with E-state index in [9.17, 15) is 0 Å². The van der Waals surface area contributed by atoms with Crippen molar-refractivity contribution in [2.75, 3.05) is 0 Å². The van der Waals surface area contributed by atoms with E-state index in [2.05, 4.69) is 11.5 Å². The van der Waals surface area contributed by atoms with E-state index in [-0.39, 0.29) is 32.1 Å². The third kappa shape index (κ3) is 428. The maximum absolute atomic E-state index is 9.00. The number of amides is 2. The molecule has 0 radical (unpaired) electrons. The third-order valence-corrected chi connectivity index (χ3v) is 0. The molecule has 0 atom stereocenters.